The fourth-order valence-electron chi connectivity index (χ4n) is 0.532. The van der Waals surface area contributed by atoms with E-state index in [4.69, 9.17) is 4.89 Å². The molecule has 1 N–H and O–H groups in total. The summed E-state index contributed by atoms with van der Waals surface area (Å²) < 4.78 is 14.0. The first kappa shape index (κ1) is 15.2. The number of rotatable bonds is 5. The summed E-state index contributed by atoms with van der Waals surface area (Å²) >= 11 is 0. The maximum atomic E-state index is 9.96. The van der Waals surface area contributed by atoms with E-state index in [1.807, 2.05) is 6.92 Å². The molecule has 0 heterocycles. The molecule has 4 nitrogen and oxygen atoms in total. The Kier molecular flexibility index (Phi) is 11.6. The summed E-state index contributed by atoms with van der Waals surface area (Å²) in [7, 11) is -4.46. The largest absolute Gasteiger partial charge is 1.00 e. The maximum absolute atomic E-state index is 9.96. The molecule has 1 atom stereocenters. The third kappa shape index (κ3) is 14.6. The zero-order valence-corrected chi connectivity index (χ0v) is 11.0. The van der Waals surface area contributed by atoms with Gasteiger partial charge in [0.1, 0.15) is 0 Å². The molecule has 0 bridgehead atoms. The summed E-state index contributed by atoms with van der Waals surface area (Å²) in [5.74, 6) is 0. The molecule has 1 unspecified atom stereocenters. The minimum absolute atomic E-state index is 0. The second-order valence-electron chi connectivity index (χ2n) is 2.01. The van der Waals surface area contributed by atoms with E-state index in [1.165, 1.54) is 0 Å². The predicted octanol–water partition coefficient (Wildman–Crippen LogP) is -2.34. The molecule has 0 rings (SSSR count). The van der Waals surface area contributed by atoms with Crippen molar-refractivity contribution >= 4 is 7.82 Å². The van der Waals surface area contributed by atoms with Crippen LogP contribution in [-0.4, -0.2) is 11.5 Å². The van der Waals surface area contributed by atoms with Gasteiger partial charge in [0, 0.05) is 0 Å². The Morgan fingerprint density at radius 2 is 2.09 bits per heavy atom. The van der Waals surface area contributed by atoms with Crippen LogP contribution < -0.4 is 56.3 Å². The molecule has 6 heteroatoms. The van der Waals surface area contributed by atoms with Crippen molar-refractivity contribution in [1.29, 1.82) is 0 Å². The molecule has 0 aromatic heterocycles. The van der Waals surface area contributed by atoms with Crippen molar-refractivity contribution in [2.24, 2.45) is 0 Å². The monoisotopic (exact) mass is 206 g/mol. The molecule has 0 saturated heterocycles. The molecule has 0 aromatic rings. The molecule has 0 fully saturated rings. The zero-order chi connectivity index (χ0) is 8.04. The topological polar surface area (TPSA) is 69.6 Å². The second-order valence-corrected chi connectivity index (χ2v) is 3.20. The van der Waals surface area contributed by atoms with Crippen molar-refractivity contribution < 1.29 is 70.3 Å². The van der Waals surface area contributed by atoms with Crippen LogP contribution in [0.15, 0.2) is 0 Å². The van der Waals surface area contributed by atoms with E-state index in [0.717, 1.165) is 12.8 Å². The average molecular weight is 206 g/mol. The van der Waals surface area contributed by atoms with Crippen LogP contribution in [0.5, 0.6) is 0 Å². The van der Waals surface area contributed by atoms with Gasteiger partial charge in [0.2, 0.25) is 0 Å². The molecule has 0 saturated carbocycles. The van der Waals surface area contributed by atoms with E-state index in [1.54, 1.807) is 0 Å². The predicted molar refractivity (Wildman–Crippen MR) is 35.3 cm³/mol. The molecule has 0 aliphatic heterocycles. The summed E-state index contributed by atoms with van der Waals surface area (Å²) in [5, 5.41) is 0. The van der Waals surface area contributed by atoms with Crippen LogP contribution in [0, 0.1) is 0 Å². The Morgan fingerprint density at radius 1 is 1.55 bits per heavy atom. The Balaban J connectivity index is 0. The Hall–Kier alpha value is 1.75. The van der Waals surface area contributed by atoms with E-state index in [-0.39, 0.29) is 58.0 Å². The molecule has 0 amide bonds. The van der Waals surface area contributed by atoms with Gasteiger partial charge in [0.05, 0.1) is 6.61 Å². The molecular formula is C5H12KO4P. The van der Waals surface area contributed by atoms with Gasteiger partial charge in [0.25, 0.3) is 7.82 Å². The Morgan fingerprint density at radius 3 is 2.45 bits per heavy atom. The van der Waals surface area contributed by atoms with Crippen LogP contribution in [-0.2, 0) is 9.09 Å². The van der Waals surface area contributed by atoms with Crippen LogP contribution >= 0.6 is 7.82 Å². The van der Waals surface area contributed by atoms with Crippen LogP contribution in [0.3, 0.4) is 0 Å². The van der Waals surface area contributed by atoms with Crippen molar-refractivity contribution in [3.63, 3.8) is 0 Å². The van der Waals surface area contributed by atoms with Crippen LogP contribution in [0.25, 0.3) is 0 Å². The van der Waals surface area contributed by atoms with Crippen molar-refractivity contribution in [3.8, 4) is 0 Å². The third-order valence-electron chi connectivity index (χ3n) is 1.00. The summed E-state index contributed by atoms with van der Waals surface area (Å²) in [6, 6.07) is 0. The van der Waals surface area contributed by atoms with Crippen LogP contribution in [0.1, 0.15) is 26.2 Å². The van der Waals surface area contributed by atoms with E-state index >= 15 is 0 Å². The van der Waals surface area contributed by atoms with Crippen LogP contribution in [0.2, 0.25) is 0 Å². The molecule has 62 valence electrons. The van der Waals surface area contributed by atoms with Gasteiger partial charge in [-0.2, -0.15) is 0 Å². The van der Waals surface area contributed by atoms with Gasteiger partial charge in [0.15, 0.2) is 0 Å². The molecule has 0 aliphatic carbocycles. The summed E-state index contributed by atoms with van der Waals surface area (Å²) in [4.78, 5) is 18.1. The van der Waals surface area contributed by atoms with E-state index in [0.29, 0.717) is 6.42 Å². The summed E-state index contributed by atoms with van der Waals surface area (Å²) in [6.45, 7) is 2.08. The first-order valence-electron chi connectivity index (χ1n) is 3.24. The number of unbranched alkanes of at least 4 members (excludes halogenated alkanes) is 2. The minimum atomic E-state index is -4.46. The van der Waals surface area contributed by atoms with Gasteiger partial charge >= 0.3 is 51.4 Å². The standard InChI is InChI=1S/C5H13O4P.K/c1-2-3-4-5-9-10(6,7)8;/h2-5H2,1H3,(H2,6,7,8);/q;+1/p-1. The Labute approximate surface area is 109 Å². The normalized spacial score (nSPS) is 15.2. The van der Waals surface area contributed by atoms with Crippen molar-refractivity contribution in [3.05, 3.63) is 0 Å². The molecule has 0 aliphatic rings. The smallest absolute Gasteiger partial charge is 0.756 e. The first-order valence-corrected chi connectivity index (χ1v) is 4.74. The quantitative estimate of drug-likeness (QED) is 0.311. The molecule has 11 heavy (non-hydrogen) atoms. The maximum Gasteiger partial charge on any atom is 1.00 e. The Bertz CT molecular complexity index is 124. The first-order chi connectivity index (χ1) is 4.56. The van der Waals surface area contributed by atoms with E-state index in [9.17, 15) is 9.46 Å². The van der Waals surface area contributed by atoms with E-state index in [2.05, 4.69) is 4.52 Å². The molecule has 0 spiro atoms. The van der Waals surface area contributed by atoms with Crippen LogP contribution in [0.4, 0.5) is 0 Å². The van der Waals surface area contributed by atoms with Gasteiger partial charge in [-0.15, -0.1) is 0 Å². The zero-order valence-electron chi connectivity index (χ0n) is 6.95. The SMILES string of the molecule is CCCCCOP(=O)([O-])O.[K+]. The fourth-order valence-corrected chi connectivity index (χ4v) is 0.892. The fraction of sp³-hybridized carbons (Fsp3) is 1.00. The van der Waals surface area contributed by atoms with Gasteiger partial charge < -0.3 is 14.3 Å². The number of hydrogen-bond acceptors (Lipinski definition) is 3. The average Bonchev–Trinajstić information content (AvgIpc) is 1.78. The summed E-state index contributed by atoms with van der Waals surface area (Å²) in [6.07, 6.45) is 2.58. The van der Waals surface area contributed by atoms with Gasteiger partial charge in [-0.1, -0.05) is 19.8 Å². The van der Waals surface area contributed by atoms with Gasteiger partial charge in [-0.05, 0) is 6.42 Å². The van der Waals surface area contributed by atoms with Gasteiger partial charge in [-0.3, -0.25) is 4.57 Å². The number of phosphoric ester groups is 1. The molecule has 0 aromatic carbocycles. The third-order valence-corrected chi connectivity index (χ3v) is 1.51. The van der Waals surface area contributed by atoms with Crippen molar-refractivity contribution in [1.82, 2.24) is 0 Å². The van der Waals surface area contributed by atoms with E-state index < -0.39 is 7.82 Å². The number of hydrogen-bond donors (Lipinski definition) is 1. The van der Waals surface area contributed by atoms with Crippen molar-refractivity contribution in [2.45, 2.75) is 26.2 Å². The molecular weight excluding hydrogens is 194 g/mol. The molecule has 0 radical (unpaired) electrons. The minimum Gasteiger partial charge on any atom is -0.756 e. The summed E-state index contributed by atoms with van der Waals surface area (Å²) in [5.41, 5.74) is 0. The second kappa shape index (κ2) is 8.35. The number of phosphoric acid groups is 1. The van der Waals surface area contributed by atoms with Gasteiger partial charge in [-0.25, -0.2) is 0 Å². The van der Waals surface area contributed by atoms with Crippen molar-refractivity contribution in [2.75, 3.05) is 6.61 Å².